The van der Waals surface area contributed by atoms with E-state index in [0.29, 0.717) is 19.1 Å². The summed E-state index contributed by atoms with van der Waals surface area (Å²) in [5, 5.41) is 13.5. The number of benzene rings is 1. The highest BCUT2D eigenvalue weighted by Gasteiger charge is 2.25. The summed E-state index contributed by atoms with van der Waals surface area (Å²) in [6.07, 6.45) is 4.33. The van der Waals surface area contributed by atoms with Crippen molar-refractivity contribution in [2.24, 2.45) is 16.8 Å². The summed E-state index contributed by atoms with van der Waals surface area (Å²) < 4.78 is 5.57. The summed E-state index contributed by atoms with van der Waals surface area (Å²) in [4.78, 5) is 6.98. The van der Waals surface area contributed by atoms with Crippen molar-refractivity contribution in [1.82, 2.24) is 10.2 Å². The van der Waals surface area contributed by atoms with E-state index in [2.05, 4.69) is 52.5 Å². The fourth-order valence-corrected chi connectivity index (χ4v) is 3.46. The molecule has 1 aromatic carbocycles. The second-order valence-corrected chi connectivity index (χ2v) is 7.62. The van der Waals surface area contributed by atoms with Crippen LogP contribution in [0, 0.1) is 11.8 Å². The standard InChI is InChI=1S/C21H33N3O2.HI/c1-2-22-21(23-13-20(25)16-26-15-18-8-9-18)24-11-10-19(14-24)12-17-6-4-3-5-7-17;/h3-7,18-20,25H,2,8-16H2,1H3,(H,22,23);1H. The van der Waals surface area contributed by atoms with Gasteiger partial charge in [-0.25, -0.2) is 0 Å². The minimum absolute atomic E-state index is 0. The molecule has 2 unspecified atom stereocenters. The topological polar surface area (TPSA) is 57.1 Å². The maximum absolute atomic E-state index is 10.1. The molecule has 1 heterocycles. The summed E-state index contributed by atoms with van der Waals surface area (Å²) in [5.74, 6) is 2.31. The Morgan fingerprint density at radius 3 is 2.74 bits per heavy atom. The van der Waals surface area contributed by atoms with Crippen LogP contribution in [-0.2, 0) is 11.2 Å². The van der Waals surface area contributed by atoms with Crippen LogP contribution in [0.15, 0.2) is 35.3 Å². The Bertz CT molecular complexity index is 566. The van der Waals surface area contributed by atoms with E-state index in [-0.39, 0.29) is 24.0 Å². The number of nitrogens with zero attached hydrogens (tertiary/aromatic N) is 2. The van der Waals surface area contributed by atoms with Crippen molar-refractivity contribution in [2.75, 3.05) is 39.4 Å². The second-order valence-electron chi connectivity index (χ2n) is 7.62. The summed E-state index contributed by atoms with van der Waals surface area (Å²) in [6, 6.07) is 10.7. The van der Waals surface area contributed by atoms with Crippen LogP contribution < -0.4 is 5.32 Å². The Kier molecular flexibility index (Phi) is 9.86. The zero-order valence-corrected chi connectivity index (χ0v) is 18.7. The number of ether oxygens (including phenoxy) is 1. The average Bonchev–Trinajstić information content (AvgIpc) is 3.36. The Morgan fingerprint density at radius 2 is 2.04 bits per heavy atom. The van der Waals surface area contributed by atoms with Gasteiger partial charge < -0.3 is 20.1 Å². The Morgan fingerprint density at radius 1 is 1.26 bits per heavy atom. The monoisotopic (exact) mass is 487 g/mol. The third-order valence-electron chi connectivity index (χ3n) is 5.10. The maximum atomic E-state index is 10.1. The summed E-state index contributed by atoms with van der Waals surface area (Å²) in [7, 11) is 0. The molecule has 1 aliphatic carbocycles. The first-order valence-corrected chi connectivity index (χ1v) is 10.1. The lowest BCUT2D eigenvalue weighted by Gasteiger charge is -2.22. The molecule has 1 aliphatic heterocycles. The van der Waals surface area contributed by atoms with Gasteiger partial charge >= 0.3 is 0 Å². The number of halogens is 1. The van der Waals surface area contributed by atoms with Crippen molar-refractivity contribution in [3.8, 4) is 0 Å². The van der Waals surface area contributed by atoms with Crippen LogP contribution >= 0.6 is 24.0 Å². The lowest BCUT2D eigenvalue weighted by Crippen LogP contribution is -2.41. The van der Waals surface area contributed by atoms with Gasteiger partial charge in [0.05, 0.1) is 19.3 Å². The highest BCUT2D eigenvalue weighted by atomic mass is 127. The zero-order chi connectivity index (χ0) is 18.2. The van der Waals surface area contributed by atoms with Gasteiger partial charge in [-0.1, -0.05) is 30.3 Å². The van der Waals surface area contributed by atoms with Gasteiger partial charge in [0.1, 0.15) is 0 Å². The van der Waals surface area contributed by atoms with Crippen molar-refractivity contribution >= 4 is 29.9 Å². The van der Waals surface area contributed by atoms with Gasteiger partial charge in [-0.05, 0) is 50.0 Å². The molecule has 2 N–H and O–H groups in total. The number of hydrogen-bond acceptors (Lipinski definition) is 3. The van der Waals surface area contributed by atoms with Crippen LogP contribution in [-0.4, -0.2) is 61.5 Å². The molecule has 0 radical (unpaired) electrons. The molecule has 1 aromatic rings. The molecule has 5 nitrogen and oxygen atoms in total. The summed E-state index contributed by atoms with van der Waals surface area (Å²) >= 11 is 0. The van der Waals surface area contributed by atoms with Crippen molar-refractivity contribution in [3.63, 3.8) is 0 Å². The van der Waals surface area contributed by atoms with Gasteiger partial charge in [-0.3, -0.25) is 4.99 Å². The van der Waals surface area contributed by atoms with Crippen molar-refractivity contribution < 1.29 is 9.84 Å². The normalized spacial score (nSPS) is 21.0. The second kappa shape index (κ2) is 11.9. The molecular formula is C21H34IN3O2. The first kappa shape index (κ1) is 22.4. The third kappa shape index (κ3) is 7.95. The highest BCUT2D eigenvalue weighted by Crippen LogP contribution is 2.28. The number of rotatable bonds is 9. The molecule has 152 valence electrons. The number of likely N-dealkylation sites (tertiary alicyclic amines) is 1. The first-order chi connectivity index (χ1) is 12.7. The van der Waals surface area contributed by atoms with Crippen LogP contribution in [0.2, 0.25) is 0 Å². The predicted octanol–water partition coefficient (Wildman–Crippen LogP) is 2.92. The molecule has 0 amide bonds. The van der Waals surface area contributed by atoms with E-state index < -0.39 is 6.10 Å². The lowest BCUT2D eigenvalue weighted by molar-refractivity contribution is 0.0367. The predicted molar refractivity (Wildman–Crippen MR) is 121 cm³/mol. The molecular weight excluding hydrogens is 453 g/mol. The van der Waals surface area contributed by atoms with E-state index in [4.69, 9.17) is 4.74 Å². The fraction of sp³-hybridized carbons (Fsp3) is 0.667. The number of nitrogens with one attached hydrogen (secondary N) is 1. The van der Waals surface area contributed by atoms with Gasteiger partial charge in [-0.15, -0.1) is 24.0 Å². The number of guanidine groups is 1. The van der Waals surface area contributed by atoms with Gasteiger partial charge in [0, 0.05) is 26.2 Å². The number of aliphatic hydroxyl groups excluding tert-OH is 1. The van der Waals surface area contributed by atoms with Crippen LogP contribution in [0.25, 0.3) is 0 Å². The van der Waals surface area contributed by atoms with Crippen LogP contribution in [0.5, 0.6) is 0 Å². The largest absolute Gasteiger partial charge is 0.389 e. The van der Waals surface area contributed by atoms with Crippen molar-refractivity contribution in [1.29, 1.82) is 0 Å². The molecule has 3 rings (SSSR count). The van der Waals surface area contributed by atoms with Crippen molar-refractivity contribution in [3.05, 3.63) is 35.9 Å². The van der Waals surface area contributed by atoms with Crippen LogP contribution in [0.1, 0.15) is 31.7 Å². The molecule has 27 heavy (non-hydrogen) atoms. The molecule has 6 heteroatoms. The Labute approximate surface area is 180 Å². The van der Waals surface area contributed by atoms with E-state index in [1.165, 1.54) is 24.8 Å². The van der Waals surface area contributed by atoms with Gasteiger partial charge in [-0.2, -0.15) is 0 Å². The van der Waals surface area contributed by atoms with E-state index in [1.807, 2.05) is 0 Å². The molecule has 0 spiro atoms. The van der Waals surface area contributed by atoms with Crippen molar-refractivity contribution in [2.45, 2.75) is 38.7 Å². The SMILES string of the molecule is CCNC(=NCC(O)COCC1CC1)N1CCC(Cc2ccccc2)C1.I. The third-order valence-corrected chi connectivity index (χ3v) is 5.10. The van der Waals surface area contributed by atoms with Gasteiger partial charge in [0.2, 0.25) is 0 Å². The Hall–Kier alpha value is -0.860. The minimum Gasteiger partial charge on any atom is -0.389 e. The van der Waals surface area contributed by atoms with E-state index >= 15 is 0 Å². The zero-order valence-electron chi connectivity index (χ0n) is 16.3. The number of aliphatic hydroxyl groups is 1. The molecule has 2 fully saturated rings. The summed E-state index contributed by atoms with van der Waals surface area (Å²) in [5.41, 5.74) is 1.41. The maximum Gasteiger partial charge on any atom is 0.194 e. The number of hydrogen-bond donors (Lipinski definition) is 2. The molecule has 1 saturated carbocycles. The molecule has 0 bridgehead atoms. The molecule has 2 aliphatic rings. The van der Waals surface area contributed by atoms with E-state index in [1.54, 1.807) is 0 Å². The van der Waals surface area contributed by atoms with Crippen LogP contribution in [0.4, 0.5) is 0 Å². The highest BCUT2D eigenvalue weighted by molar-refractivity contribution is 14.0. The van der Waals surface area contributed by atoms with Gasteiger partial charge in [0.25, 0.3) is 0 Å². The molecule has 1 saturated heterocycles. The van der Waals surface area contributed by atoms with E-state index in [9.17, 15) is 5.11 Å². The average molecular weight is 487 g/mol. The first-order valence-electron chi connectivity index (χ1n) is 10.1. The molecule has 2 atom stereocenters. The number of aliphatic imine (C=N–C) groups is 1. The lowest BCUT2D eigenvalue weighted by atomic mass is 9.99. The quantitative estimate of drug-likeness (QED) is 0.320. The smallest absolute Gasteiger partial charge is 0.194 e. The summed E-state index contributed by atoms with van der Waals surface area (Å²) in [6.45, 7) is 6.54. The van der Waals surface area contributed by atoms with Crippen LogP contribution in [0.3, 0.4) is 0 Å². The van der Waals surface area contributed by atoms with E-state index in [0.717, 1.165) is 44.5 Å². The minimum atomic E-state index is -0.523. The molecule has 0 aromatic heterocycles. The Balaban J connectivity index is 0.00000261. The fourth-order valence-electron chi connectivity index (χ4n) is 3.46. The van der Waals surface area contributed by atoms with Gasteiger partial charge in [0.15, 0.2) is 5.96 Å².